The van der Waals surface area contributed by atoms with Crippen molar-refractivity contribution in [2.75, 3.05) is 40.6 Å². The molecule has 0 unspecified atom stereocenters. The number of carbonyl (C=O) groups is 4. The quantitative estimate of drug-likeness (QED) is 0.243. The fourth-order valence-corrected chi connectivity index (χ4v) is 1.68. The standard InChI is InChI=1S/C17H26O8/c1-13(17(21)25-12-15(19)7-5-9-23-3)10-16(20)24-11-14(18)6-4-8-22-2/h1,4-12H2,2-3H3. The Morgan fingerprint density at radius 3 is 1.76 bits per heavy atom. The molecule has 0 heterocycles. The zero-order valence-corrected chi connectivity index (χ0v) is 14.8. The number of ketones is 2. The zero-order valence-electron chi connectivity index (χ0n) is 14.8. The molecule has 0 aliphatic rings. The van der Waals surface area contributed by atoms with Crippen LogP contribution >= 0.6 is 0 Å². The average molecular weight is 358 g/mol. The van der Waals surface area contributed by atoms with E-state index in [-0.39, 0.29) is 43.2 Å². The Kier molecular flexibility index (Phi) is 13.1. The molecule has 0 aromatic carbocycles. The molecule has 8 nitrogen and oxygen atoms in total. The molecular formula is C17H26O8. The Balaban J connectivity index is 3.94. The van der Waals surface area contributed by atoms with Crippen LogP contribution in [-0.4, -0.2) is 64.2 Å². The van der Waals surface area contributed by atoms with Gasteiger partial charge in [0.1, 0.15) is 13.2 Å². The van der Waals surface area contributed by atoms with Crippen LogP contribution in [0.3, 0.4) is 0 Å². The van der Waals surface area contributed by atoms with Crippen molar-refractivity contribution in [3.05, 3.63) is 12.2 Å². The molecule has 0 saturated heterocycles. The first-order valence-electron chi connectivity index (χ1n) is 7.92. The van der Waals surface area contributed by atoms with E-state index in [0.717, 1.165) is 0 Å². The van der Waals surface area contributed by atoms with E-state index in [1.165, 1.54) is 14.2 Å². The Morgan fingerprint density at radius 2 is 1.28 bits per heavy atom. The van der Waals surface area contributed by atoms with Gasteiger partial charge in [0.15, 0.2) is 11.6 Å². The first kappa shape index (κ1) is 22.9. The van der Waals surface area contributed by atoms with E-state index < -0.39 is 18.4 Å². The monoisotopic (exact) mass is 358 g/mol. The van der Waals surface area contributed by atoms with Gasteiger partial charge in [-0.2, -0.15) is 0 Å². The van der Waals surface area contributed by atoms with Crippen LogP contribution in [0.15, 0.2) is 12.2 Å². The lowest BCUT2D eigenvalue weighted by Gasteiger charge is -2.07. The maximum atomic E-state index is 11.6. The highest BCUT2D eigenvalue weighted by molar-refractivity contribution is 5.95. The molecule has 142 valence electrons. The van der Waals surface area contributed by atoms with Crippen LogP contribution in [0.1, 0.15) is 32.1 Å². The average Bonchev–Trinajstić information content (AvgIpc) is 2.58. The molecule has 8 heteroatoms. The summed E-state index contributed by atoms with van der Waals surface area (Å²) in [5.41, 5.74) is -0.137. The van der Waals surface area contributed by atoms with Gasteiger partial charge >= 0.3 is 11.9 Å². The van der Waals surface area contributed by atoms with Crippen LogP contribution in [0, 0.1) is 0 Å². The van der Waals surface area contributed by atoms with Gasteiger partial charge in [0, 0.05) is 45.8 Å². The third-order valence-electron chi connectivity index (χ3n) is 3.01. The summed E-state index contributed by atoms with van der Waals surface area (Å²) in [6.45, 7) is 3.59. The summed E-state index contributed by atoms with van der Waals surface area (Å²) in [5.74, 6) is -2.08. The van der Waals surface area contributed by atoms with Crippen molar-refractivity contribution < 1.29 is 38.1 Å². The minimum Gasteiger partial charge on any atom is -0.457 e. The van der Waals surface area contributed by atoms with Crippen LogP contribution in [0.25, 0.3) is 0 Å². The second-order valence-corrected chi connectivity index (χ2v) is 5.29. The van der Waals surface area contributed by atoms with Gasteiger partial charge in [-0.05, 0) is 12.8 Å². The van der Waals surface area contributed by atoms with E-state index in [1.807, 2.05) is 0 Å². The number of rotatable bonds is 15. The lowest BCUT2D eigenvalue weighted by molar-refractivity contribution is -0.149. The smallest absolute Gasteiger partial charge is 0.334 e. The highest BCUT2D eigenvalue weighted by Gasteiger charge is 2.16. The molecule has 0 amide bonds. The largest absolute Gasteiger partial charge is 0.457 e. The van der Waals surface area contributed by atoms with Crippen molar-refractivity contribution >= 4 is 23.5 Å². The van der Waals surface area contributed by atoms with E-state index in [9.17, 15) is 19.2 Å². The topological polar surface area (TPSA) is 105 Å². The summed E-state index contributed by atoms with van der Waals surface area (Å²) in [5, 5.41) is 0. The minimum atomic E-state index is -0.844. The first-order valence-corrected chi connectivity index (χ1v) is 7.92. The molecule has 25 heavy (non-hydrogen) atoms. The van der Waals surface area contributed by atoms with Crippen molar-refractivity contribution in [2.45, 2.75) is 32.1 Å². The number of Topliss-reactive ketones (excluding diaryl/α,β-unsaturated/α-hetero) is 2. The fraction of sp³-hybridized carbons (Fsp3) is 0.647. The van der Waals surface area contributed by atoms with E-state index in [4.69, 9.17) is 18.9 Å². The minimum absolute atomic E-state index is 0.137. The van der Waals surface area contributed by atoms with E-state index >= 15 is 0 Å². The molecule has 0 aliphatic carbocycles. The van der Waals surface area contributed by atoms with Crippen molar-refractivity contribution in [3.63, 3.8) is 0 Å². The van der Waals surface area contributed by atoms with E-state index in [1.54, 1.807) is 0 Å². The predicted molar refractivity (Wildman–Crippen MR) is 87.9 cm³/mol. The fourth-order valence-electron chi connectivity index (χ4n) is 1.68. The van der Waals surface area contributed by atoms with Gasteiger partial charge in [-0.1, -0.05) is 6.58 Å². The molecule has 0 saturated carbocycles. The third-order valence-corrected chi connectivity index (χ3v) is 3.01. The molecule has 0 aromatic rings. The van der Waals surface area contributed by atoms with Crippen LogP contribution < -0.4 is 0 Å². The Labute approximate surface area is 147 Å². The summed E-state index contributed by atoms with van der Waals surface area (Å²) in [6.07, 6.45) is 1.17. The van der Waals surface area contributed by atoms with Gasteiger partial charge in [-0.3, -0.25) is 14.4 Å². The van der Waals surface area contributed by atoms with Gasteiger partial charge in [0.2, 0.25) is 0 Å². The van der Waals surface area contributed by atoms with E-state index in [0.29, 0.717) is 26.1 Å². The van der Waals surface area contributed by atoms with Gasteiger partial charge in [-0.15, -0.1) is 0 Å². The summed E-state index contributed by atoms with van der Waals surface area (Å²) in [4.78, 5) is 46.1. The molecule has 0 aromatic heterocycles. The van der Waals surface area contributed by atoms with Crippen LogP contribution in [0.5, 0.6) is 0 Å². The van der Waals surface area contributed by atoms with Crippen molar-refractivity contribution in [3.8, 4) is 0 Å². The Bertz CT molecular complexity index is 469. The second kappa shape index (κ2) is 14.3. The van der Waals surface area contributed by atoms with Crippen molar-refractivity contribution in [2.24, 2.45) is 0 Å². The summed E-state index contributed by atoms with van der Waals surface area (Å²) >= 11 is 0. The molecule has 0 radical (unpaired) electrons. The molecule has 0 N–H and O–H groups in total. The van der Waals surface area contributed by atoms with Gasteiger partial charge in [0.05, 0.1) is 6.42 Å². The maximum absolute atomic E-state index is 11.6. The lowest BCUT2D eigenvalue weighted by Crippen LogP contribution is -2.19. The predicted octanol–water partition coefficient (Wildman–Crippen LogP) is 1.01. The number of hydrogen-bond donors (Lipinski definition) is 0. The normalized spacial score (nSPS) is 10.2. The Morgan fingerprint density at radius 1 is 0.800 bits per heavy atom. The van der Waals surface area contributed by atoms with Crippen molar-refractivity contribution in [1.29, 1.82) is 0 Å². The number of hydrogen-bond acceptors (Lipinski definition) is 8. The Hall–Kier alpha value is -2.06. The van der Waals surface area contributed by atoms with E-state index in [2.05, 4.69) is 6.58 Å². The van der Waals surface area contributed by atoms with Gasteiger partial charge in [-0.25, -0.2) is 4.79 Å². The molecule has 0 aliphatic heterocycles. The van der Waals surface area contributed by atoms with Crippen LogP contribution in [-0.2, 0) is 38.1 Å². The third kappa shape index (κ3) is 13.0. The molecule has 0 rings (SSSR count). The molecular weight excluding hydrogens is 332 g/mol. The number of carbonyl (C=O) groups excluding carboxylic acids is 4. The molecule has 0 spiro atoms. The highest BCUT2D eigenvalue weighted by atomic mass is 16.5. The van der Waals surface area contributed by atoms with Crippen molar-refractivity contribution in [1.82, 2.24) is 0 Å². The molecule has 0 atom stereocenters. The summed E-state index contributed by atoms with van der Waals surface area (Å²) in [6, 6.07) is 0. The zero-order chi connectivity index (χ0) is 19.1. The van der Waals surface area contributed by atoms with Crippen LogP contribution in [0.2, 0.25) is 0 Å². The number of ether oxygens (including phenoxy) is 4. The highest BCUT2D eigenvalue weighted by Crippen LogP contribution is 2.04. The molecule has 0 fully saturated rings. The number of esters is 2. The second-order valence-electron chi connectivity index (χ2n) is 5.29. The number of methoxy groups -OCH3 is 2. The van der Waals surface area contributed by atoms with Gasteiger partial charge < -0.3 is 18.9 Å². The summed E-state index contributed by atoms with van der Waals surface area (Å²) in [7, 11) is 3.06. The molecule has 0 bridgehead atoms. The maximum Gasteiger partial charge on any atom is 0.334 e. The first-order chi connectivity index (χ1) is 11.9. The summed E-state index contributed by atoms with van der Waals surface area (Å²) < 4.78 is 19.2. The van der Waals surface area contributed by atoms with Gasteiger partial charge in [0.25, 0.3) is 0 Å². The van der Waals surface area contributed by atoms with Crippen LogP contribution in [0.4, 0.5) is 0 Å². The lowest BCUT2D eigenvalue weighted by atomic mass is 10.2. The SMILES string of the molecule is C=C(CC(=O)OCC(=O)CCCOC)C(=O)OCC(=O)CCCOC.